The van der Waals surface area contributed by atoms with E-state index in [-0.39, 0.29) is 11.9 Å². The minimum Gasteiger partial charge on any atom is -0.340 e. The highest BCUT2D eigenvalue weighted by Gasteiger charge is 2.26. The summed E-state index contributed by atoms with van der Waals surface area (Å²) in [6.07, 6.45) is 7.25. The summed E-state index contributed by atoms with van der Waals surface area (Å²) in [5, 5.41) is 3.64. The van der Waals surface area contributed by atoms with Crippen molar-refractivity contribution in [2.45, 2.75) is 38.1 Å². The molecular formula is C20H21N3OS. The van der Waals surface area contributed by atoms with Gasteiger partial charge in [-0.25, -0.2) is 4.98 Å². The van der Waals surface area contributed by atoms with E-state index in [0.717, 1.165) is 6.42 Å². The van der Waals surface area contributed by atoms with Crippen LogP contribution in [0.15, 0.2) is 54.9 Å². The number of hydrogen-bond donors (Lipinski definition) is 1. The Bertz CT molecular complexity index is 864. The summed E-state index contributed by atoms with van der Waals surface area (Å²) >= 11 is 1.59. The van der Waals surface area contributed by atoms with E-state index in [9.17, 15) is 4.79 Å². The maximum atomic E-state index is 12.7. The molecule has 5 heteroatoms. The summed E-state index contributed by atoms with van der Waals surface area (Å²) in [6, 6.07) is 14.4. The fourth-order valence-electron chi connectivity index (χ4n) is 3.09. The SMILES string of the molecule is CC(Cc1ccccc1)n1cccc1C(=O)Nc1ncc(C2CC2)s1. The maximum Gasteiger partial charge on any atom is 0.274 e. The lowest BCUT2D eigenvalue weighted by Crippen LogP contribution is -2.19. The van der Waals surface area contributed by atoms with Crippen LogP contribution in [0.3, 0.4) is 0 Å². The molecule has 128 valence electrons. The van der Waals surface area contributed by atoms with Crippen LogP contribution >= 0.6 is 11.3 Å². The molecule has 1 fully saturated rings. The van der Waals surface area contributed by atoms with Crippen LogP contribution in [0, 0.1) is 0 Å². The Kier molecular flexibility index (Phi) is 4.40. The monoisotopic (exact) mass is 351 g/mol. The van der Waals surface area contributed by atoms with E-state index in [1.165, 1.54) is 23.3 Å². The molecular weight excluding hydrogens is 330 g/mol. The van der Waals surface area contributed by atoms with Gasteiger partial charge in [0.05, 0.1) is 0 Å². The quantitative estimate of drug-likeness (QED) is 0.688. The predicted octanol–water partition coefficient (Wildman–Crippen LogP) is 4.88. The van der Waals surface area contributed by atoms with E-state index in [4.69, 9.17) is 0 Å². The van der Waals surface area contributed by atoms with E-state index in [2.05, 4.69) is 29.4 Å². The van der Waals surface area contributed by atoms with Crippen molar-refractivity contribution < 1.29 is 4.79 Å². The number of carbonyl (C=O) groups excluding carboxylic acids is 1. The van der Waals surface area contributed by atoms with Gasteiger partial charge in [0.1, 0.15) is 5.69 Å². The molecule has 4 nitrogen and oxygen atoms in total. The van der Waals surface area contributed by atoms with Crippen LogP contribution in [0.5, 0.6) is 0 Å². The number of nitrogens with zero attached hydrogens (tertiary/aromatic N) is 2. The summed E-state index contributed by atoms with van der Waals surface area (Å²) in [5.74, 6) is 0.569. The van der Waals surface area contributed by atoms with Gasteiger partial charge in [0.2, 0.25) is 0 Å². The number of carbonyl (C=O) groups is 1. The lowest BCUT2D eigenvalue weighted by atomic mass is 10.1. The molecule has 1 saturated carbocycles. The molecule has 0 saturated heterocycles. The Balaban J connectivity index is 1.46. The predicted molar refractivity (Wildman–Crippen MR) is 101 cm³/mol. The fourth-order valence-corrected chi connectivity index (χ4v) is 4.07. The maximum absolute atomic E-state index is 12.7. The van der Waals surface area contributed by atoms with Crippen molar-refractivity contribution in [3.8, 4) is 0 Å². The van der Waals surface area contributed by atoms with E-state index < -0.39 is 0 Å². The van der Waals surface area contributed by atoms with Gasteiger partial charge in [-0.2, -0.15) is 0 Å². The fraction of sp³-hybridized carbons (Fsp3) is 0.300. The number of aromatic nitrogens is 2. The Labute approximate surface area is 151 Å². The first-order chi connectivity index (χ1) is 12.2. The van der Waals surface area contributed by atoms with Crippen LogP contribution in [-0.4, -0.2) is 15.5 Å². The smallest absolute Gasteiger partial charge is 0.274 e. The number of anilines is 1. The van der Waals surface area contributed by atoms with Gasteiger partial charge in [-0.1, -0.05) is 30.3 Å². The van der Waals surface area contributed by atoms with Gasteiger partial charge in [-0.15, -0.1) is 11.3 Å². The van der Waals surface area contributed by atoms with Crippen LogP contribution in [0.2, 0.25) is 0 Å². The molecule has 1 N–H and O–H groups in total. The number of benzene rings is 1. The lowest BCUT2D eigenvalue weighted by molar-refractivity contribution is 0.101. The van der Waals surface area contributed by atoms with Gasteiger partial charge < -0.3 is 4.57 Å². The van der Waals surface area contributed by atoms with Crippen molar-refractivity contribution in [1.82, 2.24) is 9.55 Å². The largest absolute Gasteiger partial charge is 0.340 e. The van der Waals surface area contributed by atoms with Gasteiger partial charge >= 0.3 is 0 Å². The molecule has 1 aromatic carbocycles. The van der Waals surface area contributed by atoms with Crippen molar-refractivity contribution in [3.05, 3.63) is 71.0 Å². The first kappa shape index (κ1) is 16.1. The minimum atomic E-state index is -0.0957. The highest BCUT2D eigenvalue weighted by Crippen LogP contribution is 2.43. The second kappa shape index (κ2) is 6.84. The molecule has 1 unspecified atom stereocenters. The summed E-state index contributed by atoms with van der Waals surface area (Å²) < 4.78 is 2.04. The molecule has 4 rings (SSSR count). The molecule has 1 atom stereocenters. The first-order valence-corrected chi connectivity index (χ1v) is 9.50. The van der Waals surface area contributed by atoms with Crippen LogP contribution in [-0.2, 0) is 6.42 Å². The highest BCUT2D eigenvalue weighted by atomic mass is 32.1. The minimum absolute atomic E-state index is 0.0957. The zero-order valence-corrected chi connectivity index (χ0v) is 15.0. The molecule has 2 aromatic heterocycles. The van der Waals surface area contributed by atoms with E-state index in [1.807, 2.05) is 47.3 Å². The van der Waals surface area contributed by atoms with Crippen molar-refractivity contribution in [2.24, 2.45) is 0 Å². The topological polar surface area (TPSA) is 46.9 Å². The Morgan fingerprint density at radius 1 is 1.28 bits per heavy atom. The average Bonchev–Trinajstić information content (AvgIpc) is 3.16. The molecule has 0 bridgehead atoms. The van der Waals surface area contributed by atoms with Gasteiger partial charge in [0, 0.05) is 23.3 Å². The van der Waals surface area contributed by atoms with Gasteiger partial charge in [-0.05, 0) is 49.8 Å². The van der Waals surface area contributed by atoms with Crippen LogP contribution < -0.4 is 5.32 Å². The van der Waals surface area contributed by atoms with E-state index >= 15 is 0 Å². The van der Waals surface area contributed by atoms with Crippen LogP contribution in [0.25, 0.3) is 0 Å². The van der Waals surface area contributed by atoms with E-state index in [0.29, 0.717) is 16.7 Å². The summed E-state index contributed by atoms with van der Waals surface area (Å²) in [4.78, 5) is 18.3. The van der Waals surface area contributed by atoms with Crippen LogP contribution in [0.1, 0.15) is 52.7 Å². The molecule has 1 amide bonds. The Morgan fingerprint density at radius 3 is 2.84 bits per heavy atom. The van der Waals surface area contributed by atoms with Gasteiger partial charge in [-0.3, -0.25) is 10.1 Å². The van der Waals surface area contributed by atoms with Crippen molar-refractivity contribution >= 4 is 22.4 Å². The third-order valence-corrected chi connectivity index (χ3v) is 5.66. The van der Waals surface area contributed by atoms with E-state index in [1.54, 1.807) is 11.3 Å². The first-order valence-electron chi connectivity index (χ1n) is 8.68. The molecule has 0 spiro atoms. The third kappa shape index (κ3) is 3.66. The number of hydrogen-bond acceptors (Lipinski definition) is 3. The number of thiazole rings is 1. The summed E-state index contributed by atoms with van der Waals surface area (Å²) in [5.41, 5.74) is 1.94. The van der Waals surface area contributed by atoms with Crippen molar-refractivity contribution in [3.63, 3.8) is 0 Å². The Hall–Kier alpha value is -2.40. The standard InChI is InChI=1S/C20H21N3OS/c1-14(12-15-6-3-2-4-7-15)23-11-5-8-17(23)19(24)22-20-21-13-18(25-20)16-9-10-16/h2-8,11,13-14,16H,9-10,12H2,1H3,(H,21,22,24). The number of amides is 1. The van der Waals surface area contributed by atoms with Gasteiger partial charge in [0.15, 0.2) is 5.13 Å². The molecule has 3 aromatic rings. The van der Waals surface area contributed by atoms with Gasteiger partial charge in [0.25, 0.3) is 5.91 Å². The molecule has 1 aliphatic rings. The molecule has 0 aliphatic heterocycles. The van der Waals surface area contributed by atoms with Crippen LogP contribution in [0.4, 0.5) is 5.13 Å². The molecule has 25 heavy (non-hydrogen) atoms. The molecule has 2 heterocycles. The average molecular weight is 351 g/mol. The highest BCUT2D eigenvalue weighted by molar-refractivity contribution is 7.15. The second-order valence-corrected chi connectivity index (χ2v) is 7.70. The lowest BCUT2D eigenvalue weighted by Gasteiger charge is -2.17. The zero-order chi connectivity index (χ0) is 17.2. The summed E-state index contributed by atoms with van der Waals surface area (Å²) in [6.45, 7) is 2.14. The zero-order valence-electron chi connectivity index (χ0n) is 14.2. The molecule has 1 aliphatic carbocycles. The Morgan fingerprint density at radius 2 is 2.08 bits per heavy atom. The number of nitrogens with one attached hydrogen (secondary N) is 1. The molecule has 0 radical (unpaired) electrons. The normalized spacial score (nSPS) is 15.1. The third-order valence-electron chi connectivity index (χ3n) is 4.58. The second-order valence-electron chi connectivity index (χ2n) is 6.64. The summed E-state index contributed by atoms with van der Waals surface area (Å²) in [7, 11) is 0. The number of rotatable bonds is 6. The van der Waals surface area contributed by atoms with Crippen molar-refractivity contribution in [1.29, 1.82) is 0 Å². The van der Waals surface area contributed by atoms with Crippen molar-refractivity contribution in [2.75, 3.05) is 5.32 Å².